The first-order valence-corrected chi connectivity index (χ1v) is 12.8. The van der Waals surface area contributed by atoms with Crippen LogP contribution in [0, 0.1) is 0 Å². The highest BCUT2D eigenvalue weighted by atomic mass is 32.2. The van der Waals surface area contributed by atoms with Crippen LogP contribution in [0.25, 0.3) is 0 Å². The molecule has 37 heavy (non-hydrogen) atoms. The Labute approximate surface area is 222 Å². The van der Waals surface area contributed by atoms with Crippen LogP contribution in [0.4, 0.5) is 5.69 Å². The third kappa shape index (κ3) is 8.82. The number of para-hydroxylation sites is 1. The van der Waals surface area contributed by atoms with Crippen molar-refractivity contribution in [3.8, 4) is 11.5 Å². The number of rotatable bonds is 14. The summed E-state index contributed by atoms with van der Waals surface area (Å²) in [5.41, 5.74) is 3.20. The van der Waals surface area contributed by atoms with Crippen molar-refractivity contribution in [2.45, 2.75) is 17.2 Å². The highest BCUT2D eigenvalue weighted by Gasteiger charge is 2.11. The maximum atomic E-state index is 12.8. The van der Waals surface area contributed by atoms with Gasteiger partial charge in [-0.15, -0.1) is 11.8 Å². The topological polar surface area (TPSA) is 97.9 Å². The molecule has 196 valence electrons. The molecule has 0 aliphatic heterocycles. The van der Waals surface area contributed by atoms with E-state index in [0.29, 0.717) is 42.5 Å². The number of ether oxygens (including phenoxy) is 3. The monoisotopic (exact) mass is 523 g/mol. The molecule has 8 nitrogen and oxygen atoms in total. The summed E-state index contributed by atoms with van der Waals surface area (Å²) in [5.74, 6) is 1.71. The zero-order valence-electron chi connectivity index (χ0n) is 21.3. The Morgan fingerprint density at radius 1 is 0.919 bits per heavy atom. The largest absolute Gasteiger partial charge is 0.497 e. The highest BCUT2D eigenvalue weighted by molar-refractivity contribution is 7.98. The third-order valence-corrected chi connectivity index (χ3v) is 6.59. The van der Waals surface area contributed by atoms with Crippen molar-refractivity contribution >= 4 is 29.3 Å². The fourth-order valence-electron chi connectivity index (χ4n) is 3.51. The third-order valence-electron chi connectivity index (χ3n) is 5.45. The van der Waals surface area contributed by atoms with Crippen molar-refractivity contribution in [1.29, 1.82) is 0 Å². The van der Waals surface area contributed by atoms with Crippen molar-refractivity contribution in [2.75, 3.05) is 46.3 Å². The lowest BCUT2D eigenvalue weighted by molar-refractivity contribution is -0.115. The van der Waals surface area contributed by atoms with E-state index in [9.17, 15) is 9.59 Å². The second-order valence-corrected chi connectivity index (χ2v) is 9.08. The minimum Gasteiger partial charge on any atom is -0.497 e. The average molecular weight is 524 g/mol. The molecule has 2 amide bonds. The zero-order chi connectivity index (χ0) is 26.5. The van der Waals surface area contributed by atoms with Gasteiger partial charge in [-0.25, -0.2) is 0 Å². The van der Waals surface area contributed by atoms with Gasteiger partial charge in [-0.2, -0.15) is 0 Å². The summed E-state index contributed by atoms with van der Waals surface area (Å²) >= 11 is 1.60. The van der Waals surface area contributed by atoms with Gasteiger partial charge in [0.25, 0.3) is 5.91 Å². The number of nitrogens with one attached hydrogen (secondary N) is 3. The number of anilines is 1. The normalized spacial score (nSPS) is 10.6. The lowest BCUT2D eigenvalue weighted by Crippen LogP contribution is -2.30. The summed E-state index contributed by atoms with van der Waals surface area (Å²) in [4.78, 5) is 26.1. The van der Waals surface area contributed by atoms with Crippen molar-refractivity contribution < 1.29 is 23.8 Å². The SMILES string of the molecule is COCCNCC(=O)Nc1ccccc1SCc1cccc(C(=O)NCc2ccc(OC)cc2OC)c1. The van der Waals surface area contributed by atoms with Crippen LogP contribution in [0.5, 0.6) is 11.5 Å². The summed E-state index contributed by atoms with van der Waals surface area (Å²) in [7, 11) is 4.81. The molecule has 0 radical (unpaired) electrons. The molecular weight excluding hydrogens is 490 g/mol. The first kappa shape index (κ1) is 28.0. The molecule has 3 aromatic rings. The quantitative estimate of drug-likeness (QED) is 0.216. The first-order valence-electron chi connectivity index (χ1n) is 11.8. The molecule has 0 aromatic heterocycles. The number of benzene rings is 3. The summed E-state index contributed by atoms with van der Waals surface area (Å²) < 4.78 is 15.6. The summed E-state index contributed by atoms with van der Waals surface area (Å²) in [5, 5.41) is 8.95. The fourth-order valence-corrected chi connectivity index (χ4v) is 4.46. The van der Waals surface area contributed by atoms with Gasteiger partial charge >= 0.3 is 0 Å². The van der Waals surface area contributed by atoms with Crippen LogP contribution < -0.4 is 25.4 Å². The summed E-state index contributed by atoms with van der Waals surface area (Å²) in [6, 6.07) is 20.7. The van der Waals surface area contributed by atoms with E-state index in [0.717, 1.165) is 21.7 Å². The molecule has 0 saturated heterocycles. The lowest BCUT2D eigenvalue weighted by atomic mass is 10.1. The van der Waals surface area contributed by atoms with Crippen LogP contribution in [-0.2, 0) is 21.8 Å². The summed E-state index contributed by atoms with van der Waals surface area (Å²) in [6.07, 6.45) is 0. The molecule has 3 N–H and O–H groups in total. The molecule has 3 aromatic carbocycles. The average Bonchev–Trinajstić information content (AvgIpc) is 2.93. The van der Waals surface area contributed by atoms with E-state index < -0.39 is 0 Å². The minimum atomic E-state index is -0.168. The molecule has 0 aliphatic rings. The first-order chi connectivity index (χ1) is 18.0. The molecule has 0 saturated carbocycles. The maximum absolute atomic E-state index is 12.8. The molecule has 0 fully saturated rings. The predicted octanol–water partition coefficient (Wildman–Crippen LogP) is 4.10. The Kier molecular flexibility index (Phi) is 11.3. The van der Waals surface area contributed by atoms with Crippen LogP contribution in [0.1, 0.15) is 21.5 Å². The predicted molar refractivity (Wildman–Crippen MR) is 147 cm³/mol. The van der Waals surface area contributed by atoms with Gasteiger partial charge in [0.2, 0.25) is 5.91 Å². The molecule has 0 atom stereocenters. The molecule has 0 spiro atoms. The van der Waals surface area contributed by atoms with Gasteiger partial charge in [-0.1, -0.05) is 24.3 Å². The molecule has 0 bridgehead atoms. The van der Waals surface area contributed by atoms with Crippen LogP contribution in [-0.4, -0.2) is 52.8 Å². The van der Waals surface area contributed by atoms with Crippen molar-refractivity contribution in [2.24, 2.45) is 0 Å². The fraction of sp³-hybridized carbons (Fsp3) is 0.286. The van der Waals surface area contributed by atoms with Gasteiger partial charge in [0.05, 0.1) is 33.1 Å². The van der Waals surface area contributed by atoms with E-state index in [1.165, 1.54) is 0 Å². The van der Waals surface area contributed by atoms with Gasteiger partial charge in [0, 0.05) is 48.0 Å². The summed E-state index contributed by atoms with van der Waals surface area (Å²) in [6.45, 7) is 1.70. The van der Waals surface area contributed by atoms with Gasteiger partial charge in [-0.05, 0) is 42.0 Å². The number of carbonyl (C=O) groups excluding carboxylic acids is 2. The molecule has 0 aliphatic carbocycles. The molecule has 9 heteroatoms. The van der Waals surface area contributed by atoms with Crippen LogP contribution >= 0.6 is 11.8 Å². The Hall–Kier alpha value is -3.53. The van der Waals surface area contributed by atoms with Crippen LogP contribution in [0.3, 0.4) is 0 Å². The Bertz CT molecular complexity index is 1190. The maximum Gasteiger partial charge on any atom is 0.251 e. The van der Waals surface area contributed by atoms with E-state index in [-0.39, 0.29) is 18.4 Å². The number of hydrogen-bond donors (Lipinski definition) is 3. The van der Waals surface area contributed by atoms with Crippen LogP contribution in [0.15, 0.2) is 71.6 Å². The molecule has 0 unspecified atom stereocenters. The number of thioether (sulfide) groups is 1. The second-order valence-electron chi connectivity index (χ2n) is 8.06. The van der Waals surface area contributed by atoms with Crippen LogP contribution in [0.2, 0.25) is 0 Å². The second kappa shape index (κ2) is 14.9. The van der Waals surface area contributed by atoms with Gasteiger partial charge < -0.3 is 30.2 Å². The molecule has 0 heterocycles. The Morgan fingerprint density at radius 2 is 1.76 bits per heavy atom. The highest BCUT2D eigenvalue weighted by Crippen LogP contribution is 2.30. The van der Waals surface area contributed by atoms with E-state index >= 15 is 0 Å². The van der Waals surface area contributed by atoms with Gasteiger partial charge in [0.1, 0.15) is 11.5 Å². The van der Waals surface area contributed by atoms with Crippen molar-refractivity contribution in [3.63, 3.8) is 0 Å². The molecule has 3 rings (SSSR count). The van der Waals surface area contributed by atoms with E-state index in [1.807, 2.05) is 54.6 Å². The Balaban J connectivity index is 1.57. The number of amides is 2. The van der Waals surface area contributed by atoms with Gasteiger partial charge in [0.15, 0.2) is 0 Å². The van der Waals surface area contributed by atoms with E-state index in [1.54, 1.807) is 45.2 Å². The smallest absolute Gasteiger partial charge is 0.251 e. The van der Waals surface area contributed by atoms with Gasteiger partial charge in [-0.3, -0.25) is 9.59 Å². The van der Waals surface area contributed by atoms with Crippen molar-refractivity contribution in [3.05, 3.63) is 83.4 Å². The minimum absolute atomic E-state index is 0.115. The number of carbonyl (C=O) groups is 2. The number of hydrogen-bond acceptors (Lipinski definition) is 7. The Morgan fingerprint density at radius 3 is 2.54 bits per heavy atom. The molecular formula is C28H33N3O5S. The standard InChI is InChI=1S/C28H33N3O5S/c1-34-14-13-29-18-27(32)31-24-9-4-5-10-26(24)37-19-20-7-6-8-21(15-20)28(33)30-17-22-11-12-23(35-2)16-25(22)36-3/h4-12,15-16,29H,13-14,17-19H2,1-3H3,(H,30,33)(H,31,32). The van der Waals surface area contributed by atoms with Crippen molar-refractivity contribution in [1.82, 2.24) is 10.6 Å². The number of methoxy groups -OCH3 is 3. The zero-order valence-corrected chi connectivity index (χ0v) is 22.2. The van der Waals surface area contributed by atoms with E-state index in [4.69, 9.17) is 14.2 Å². The lowest BCUT2D eigenvalue weighted by Gasteiger charge is -2.12. The van der Waals surface area contributed by atoms with E-state index in [2.05, 4.69) is 16.0 Å².